The van der Waals surface area contributed by atoms with E-state index in [1.807, 2.05) is 19.1 Å². The van der Waals surface area contributed by atoms with Crippen LogP contribution >= 0.6 is 15.9 Å². The van der Waals surface area contributed by atoms with Gasteiger partial charge < -0.3 is 5.43 Å². The summed E-state index contributed by atoms with van der Waals surface area (Å²) < 4.78 is 0.775. The summed E-state index contributed by atoms with van der Waals surface area (Å²) in [5.41, 5.74) is 3.00. The second-order valence-corrected chi connectivity index (χ2v) is 3.04. The van der Waals surface area contributed by atoms with Crippen molar-refractivity contribution in [3.8, 4) is 0 Å². The second-order valence-electron chi connectivity index (χ2n) is 2.23. The van der Waals surface area contributed by atoms with Crippen LogP contribution < -0.4 is 5.43 Å². The number of halogens is 1. The maximum atomic E-state index is 3.99. The van der Waals surface area contributed by atoms with Gasteiger partial charge in [0, 0.05) is 20.2 Å². The molecule has 11 heavy (non-hydrogen) atoms. The van der Waals surface area contributed by atoms with Gasteiger partial charge in [0.15, 0.2) is 0 Å². The largest absolute Gasteiger partial charge is 0.304 e. The molecule has 0 radical (unpaired) electrons. The number of hydrazine groups is 1. The Kier molecular flexibility index (Phi) is 2.78. The molecule has 0 fully saturated rings. The first kappa shape index (κ1) is 8.42. The number of nitrogens with one attached hydrogen (secondary N) is 1. The van der Waals surface area contributed by atoms with E-state index in [4.69, 9.17) is 0 Å². The second kappa shape index (κ2) is 3.64. The van der Waals surface area contributed by atoms with Gasteiger partial charge in [-0.3, -0.25) is 0 Å². The van der Waals surface area contributed by atoms with Crippen molar-refractivity contribution in [3.63, 3.8) is 0 Å². The standard InChI is InChI=1S/C6H9BrN4/c1-11(2)10-6-3-5(7)8-4-9-6/h3-4H,1-2H3,(H,8,9,10). The summed E-state index contributed by atoms with van der Waals surface area (Å²) in [4.78, 5) is 7.88. The molecule has 60 valence electrons. The Morgan fingerprint density at radius 1 is 1.45 bits per heavy atom. The first-order chi connectivity index (χ1) is 5.18. The van der Waals surface area contributed by atoms with E-state index in [0.717, 1.165) is 10.4 Å². The van der Waals surface area contributed by atoms with E-state index in [1.165, 1.54) is 6.33 Å². The van der Waals surface area contributed by atoms with Crippen LogP contribution in [0.4, 0.5) is 5.82 Å². The summed E-state index contributed by atoms with van der Waals surface area (Å²) >= 11 is 3.24. The number of hydrogen-bond acceptors (Lipinski definition) is 4. The molecule has 0 unspecified atom stereocenters. The van der Waals surface area contributed by atoms with E-state index in [-0.39, 0.29) is 0 Å². The first-order valence-corrected chi connectivity index (χ1v) is 3.89. The highest BCUT2D eigenvalue weighted by Crippen LogP contribution is 2.08. The van der Waals surface area contributed by atoms with Gasteiger partial charge in [0.2, 0.25) is 0 Å². The average molecular weight is 217 g/mol. The van der Waals surface area contributed by atoms with Gasteiger partial charge in [-0.1, -0.05) is 0 Å². The quantitative estimate of drug-likeness (QED) is 0.595. The Morgan fingerprint density at radius 3 is 2.73 bits per heavy atom. The predicted octanol–water partition coefficient (Wildman–Crippen LogP) is 1.13. The van der Waals surface area contributed by atoms with E-state index < -0.39 is 0 Å². The number of hydrogen-bond donors (Lipinski definition) is 1. The third kappa shape index (κ3) is 2.81. The highest BCUT2D eigenvalue weighted by Gasteiger charge is 1.94. The van der Waals surface area contributed by atoms with Gasteiger partial charge in [0.1, 0.15) is 16.7 Å². The van der Waals surface area contributed by atoms with Gasteiger partial charge in [-0.05, 0) is 15.9 Å². The molecular formula is C6H9BrN4. The maximum Gasteiger partial charge on any atom is 0.144 e. The van der Waals surface area contributed by atoms with E-state index in [9.17, 15) is 0 Å². The van der Waals surface area contributed by atoms with E-state index >= 15 is 0 Å². The Hall–Kier alpha value is -0.680. The number of aromatic nitrogens is 2. The highest BCUT2D eigenvalue weighted by atomic mass is 79.9. The van der Waals surface area contributed by atoms with Gasteiger partial charge in [0.25, 0.3) is 0 Å². The van der Waals surface area contributed by atoms with Gasteiger partial charge in [-0.15, -0.1) is 0 Å². The molecule has 0 aliphatic carbocycles. The monoisotopic (exact) mass is 216 g/mol. The van der Waals surface area contributed by atoms with Crippen molar-refractivity contribution in [2.75, 3.05) is 19.5 Å². The molecule has 1 aromatic rings. The van der Waals surface area contributed by atoms with Crippen LogP contribution in [0.2, 0.25) is 0 Å². The lowest BCUT2D eigenvalue weighted by Crippen LogP contribution is -2.20. The number of anilines is 1. The van der Waals surface area contributed by atoms with Crippen molar-refractivity contribution >= 4 is 21.7 Å². The Labute approximate surface area is 73.7 Å². The lowest BCUT2D eigenvalue weighted by molar-refractivity contribution is 0.492. The first-order valence-electron chi connectivity index (χ1n) is 3.10. The van der Waals surface area contributed by atoms with Crippen LogP contribution in [0, 0.1) is 0 Å². The third-order valence-electron chi connectivity index (χ3n) is 0.972. The van der Waals surface area contributed by atoms with Gasteiger partial charge >= 0.3 is 0 Å². The zero-order valence-corrected chi connectivity index (χ0v) is 7.96. The smallest absolute Gasteiger partial charge is 0.144 e. The minimum absolute atomic E-state index is 0.775. The zero-order chi connectivity index (χ0) is 8.27. The Morgan fingerprint density at radius 2 is 2.18 bits per heavy atom. The van der Waals surface area contributed by atoms with Crippen LogP contribution in [0.3, 0.4) is 0 Å². The van der Waals surface area contributed by atoms with Crippen molar-refractivity contribution in [2.24, 2.45) is 0 Å². The van der Waals surface area contributed by atoms with Crippen molar-refractivity contribution in [1.29, 1.82) is 0 Å². The van der Waals surface area contributed by atoms with Crippen LogP contribution in [0.5, 0.6) is 0 Å². The van der Waals surface area contributed by atoms with Crippen molar-refractivity contribution in [1.82, 2.24) is 15.0 Å². The summed E-state index contributed by atoms with van der Waals surface area (Å²) in [6.45, 7) is 0. The average Bonchev–Trinajstić information content (AvgIpc) is 1.85. The lowest BCUT2D eigenvalue weighted by Gasteiger charge is -2.11. The fourth-order valence-corrected chi connectivity index (χ4v) is 0.932. The topological polar surface area (TPSA) is 41.0 Å². The van der Waals surface area contributed by atoms with Gasteiger partial charge in [0.05, 0.1) is 0 Å². The van der Waals surface area contributed by atoms with Gasteiger partial charge in [-0.2, -0.15) is 0 Å². The molecule has 0 atom stereocenters. The molecular weight excluding hydrogens is 208 g/mol. The number of rotatable bonds is 2. The minimum atomic E-state index is 0.775. The van der Waals surface area contributed by atoms with Gasteiger partial charge in [-0.25, -0.2) is 15.0 Å². The molecule has 0 bridgehead atoms. The zero-order valence-electron chi connectivity index (χ0n) is 6.37. The Balaban J connectivity index is 2.71. The summed E-state index contributed by atoms with van der Waals surface area (Å²) in [6, 6.07) is 1.81. The fourth-order valence-electron chi connectivity index (χ4n) is 0.624. The molecule has 0 saturated carbocycles. The normalized spacial score (nSPS) is 10.2. The third-order valence-corrected chi connectivity index (χ3v) is 1.41. The summed E-state index contributed by atoms with van der Waals surface area (Å²) in [5.74, 6) is 0.775. The minimum Gasteiger partial charge on any atom is -0.304 e. The molecule has 0 aliphatic rings. The van der Waals surface area contributed by atoms with Crippen LogP contribution in [-0.4, -0.2) is 29.1 Å². The SMILES string of the molecule is CN(C)Nc1cc(Br)ncn1. The molecule has 1 aromatic heterocycles. The molecule has 5 heteroatoms. The van der Waals surface area contributed by atoms with E-state index in [0.29, 0.717) is 0 Å². The highest BCUT2D eigenvalue weighted by molar-refractivity contribution is 9.10. The van der Waals surface area contributed by atoms with Crippen LogP contribution in [0.1, 0.15) is 0 Å². The molecule has 4 nitrogen and oxygen atoms in total. The van der Waals surface area contributed by atoms with E-state index in [1.54, 1.807) is 6.07 Å². The molecule has 0 amide bonds. The molecule has 0 saturated heterocycles. The maximum absolute atomic E-state index is 3.99. The fraction of sp³-hybridized carbons (Fsp3) is 0.333. The predicted molar refractivity (Wildman–Crippen MR) is 47.0 cm³/mol. The molecule has 1 rings (SSSR count). The van der Waals surface area contributed by atoms with Crippen LogP contribution in [-0.2, 0) is 0 Å². The van der Waals surface area contributed by atoms with Crippen LogP contribution in [0.15, 0.2) is 17.0 Å². The van der Waals surface area contributed by atoms with Crippen molar-refractivity contribution < 1.29 is 0 Å². The molecule has 0 aliphatic heterocycles. The van der Waals surface area contributed by atoms with Crippen LogP contribution in [0.25, 0.3) is 0 Å². The van der Waals surface area contributed by atoms with Crippen molar-refractivity contribution in [2.45, 2.75) is 0 Å². The molecule has 0 spiro atoms. The lowest BCUT2D eigenvalue weighted by atomic mass is 10.6. The van der Waals surface area contributed by atoms with Crippen molar-refractivity contribution in [3.05, 3.63) is 17.0 Å². The van der Waals surface area contributed by atoms with E-state index in [2.05, 4.69) is 31.3 Å². The summed E-state index contributed by atoms with van der Waals surface area (Å²) in [7, 11) is 3.80. The molecule has 0 aromatic carbocycles. The number of nitrogens with zero attached hydrogens (tertiary/aromatic N) is 3. The summed E-state index contributed by atoms with van der Waals surface area (Å²) in [5, 5.41) is 1.81. The molecule has 1 heterocycles. The summed E-state index contributed by atoms with van der Waals surface area (Å²) in [6.07, 6.45) is 1.50. The Bertz CT molecular complexity index is 238. The molecule has 1 N–H and O–H groups in total.